The molecule has 0 spiro atoms. The lowest BCUT2D eigenvalue weighted by Gasteiger charge is -2.00. The molecule has 1 aromatic carbocycles. The minimum atomic E-state index is 0.708. The minimum absolute atomic E-state index is 0.708. The predicted molar refractivity (Wildman–Crippen MR) is 93.7 cm³/mol. The number of halogens is 2. The van der Waals surface area contributed by atoms with Crippen LogP contribution in [0.1, 0.15) is 12.7 Å². The Bertz CT molecular complexity index is 755. The summed E-state index contributed by atoms with van der Waals surface area (Å²) in [5.74, 6) is 2.76. The highest BCUT2D eigenvalue weighted by Gasteiger charge is 2.14. The zero-order valence-electron chi connectivity index (χ0n) is 10.5. The summed E-state index contributed by atoms with van der Waals surface area (Å²) in [5.41, 5.74) is 0.947. The molecule has 0 aliphatic heterocycles. The van der Waals surface area contributed by atoms with E-state index in [1.807, 2.05) is 22.7 Å². The predicted octanol–water partition coefficient (Wildman–Crippen LogP) is 4.36. The van der Waals surface area contributed by atoms with Gasteiger partial charge in [0.2, 0.25) is 4.96 Å². The normalized spacial score (nSPS) is 11.3. The molecule has 0 saturated carbocycles. The van der Waals surface area contributed by atoms with Crippen LogP contribution in [-0.2, 0) is 5.75 Å². The molecule has 3 aromatic rings. The first-order valence-electron chi connectivity index (χ1n) is 5.93. The summed E-state index contributed by atoms with van der Waals surface area (Å²) in [6.07, 6.45) is 0. The van der Waals surface area contributed by atoms with Gasteiger partial charge in [-0.05, 0) is 46.5 Å². The van der Waals surface area contributed by atoms with Crippen LogP contribution in [-0.4, -0.2) is 25.6 Å². The Balaban J connectivity index is 2.04. The van der Waals surface area contributed by atoms with Crippen molar-refractivity contribution in [2.45, 2.75) is 12.7 Å². The minimum Gasteiger partial charge on any atom is -0.186 e. The van der Waals surface area contributed by atoms with Gasteiger partial charge in [0.05, 0.1) is 10.8 Å². The highest BCUT2D eigenvalue weighted by molar-refractivity contribution is 14.1. The van der Waals surface area contributed by atoms with Crippen LogP contribution in [0, 0.1) is 3.57 Å². The van der Waals surface area contributed by atoms with Crippen LogP contribution in [0.5, 0.6) is 0 Å². The average molecular weight is 437 g/mol. The molecule has 0 atom stereocenters. The van der Waals surface area contributed by atoms with E-state index in [-0.39, 0.29) is 0 Å². The maximum Gasteiger partial charge on any atom is 0.235 e. The van der Waals surface area contributed by atoms with Gasteiger partial charge in [-0.3, -0.25) is 0 Å². The second kappa shape index (κ2) is 6.17. The van der Waals surface area contributed by atoms with Gasteiger partial charge in [-0.2, -0.15) is 21.4 Å². The van der Waals surface area contributed by atoms with Gasteiger partial charge in [0.25, 0.3) is 0 Å². The Morgan fingerprint density at radius 2 is 2.25 bits per heavy atom. The molecule has 2 aromatic heterocycles. The van der Waals surface area contributed by atoms with Crippen molar-refractivity contribution in [3.63, 3.8) is 0 Å². The fourth-order valence-corrected chi connectivity index (χ4v) is 3.92. The molecule has 0 aliphatic rings. The SMILES string of the molecule is CCSCc1nnc2sc(-c3cc(I)ccc3Cl)nn12. The maximum atomic E-state index is 6.26. The standard InChI is InChI=1S/C12H10ClIN4S2/c1-2-19-6-10-15-16-12-18(10)17-11(20-12)8-5-7(14)3-4-9(8)13/h3-5H,2,6H2,1H3. The van der Waals surface area contributed by atoms with Crippen LogP contribution in [0.3, 0.4) is 0 Å². The number of thioether (sulfide) groups is 1. The lowest BCUT2D eigenvalue weighted by Crippen LogP contribution is -1.94. The summed E-state index contributed by atoms with van der Waals surface area (Å²) in [5, 5.41) is 14.5. The Labute approximate surface area is 143 Å². The van der Waals surface area contributed by atoms with Crippen molar-refractivity contribution in [3.05, 3.63) is 32.6 Å². The lowest BCUT2D eigenvalue weighted by atomic mass is 10.2. The van der Waals surface area contributed by atoms with Crippen molar-refractivity contribution in [2.75, 3.05) is 5.75 Å². The zero-order valence-corrected chi connectivity index (χ0v) is 15.1. The molecule has 20 heavy (non-hydrogen) atoms. The van der Waals surface area contributed by atoms with E-state index in [1.54, 1.807) is 11.8 Å². The van der Waals surface area contributed by atoms with Gasteiger partial charge in [0.15, 0.2) is 5.82 Å². The first-order valence-corrected chi connectivity index (χ1v) is 9.36. The number of fused-ring (bicyclic) bond motifs is 1. The number of rotatable bonds is 4. The number of hydrogen-bond donors (Lipinski definition) is 0. The molecule has 104 valence electrons. The van der Waals surface area contributed by atoms with Crippen molar-refractivity contribution < 1.29 is 0 Å². The topological polar surface area (TPSA) is 43.1 Å². The second-order valence-corrected chi connectivity index (χ2v) is 7.86. The van der Waals surface area contributed by atoms with Crippen LogP contribution in [0.2, 0.25) is 5.02 Å². The maximum absolute atomic E-state index is 6.26. The van der Waals surface area contributed by atoms with E-state index in [4.69, 9.17) is 11.6 Å². The lowest BCUT2D eigenvalue weighted by molar-refractivity contribution is 0.887. The van der Waals surface area contributed by atoms with E-state index in [0.717, 1.165) is 36.4 Å². The molecule has 0 fully saturated rings. The van der Waals surface area contributed by atoms with E-state index >= 15 is 0 Å². The molecule has 0 amide bonds. The van der Waals surface area contributed by atoms with E-state index in [0.29, 0.717) is 5.02 Å². The smallest absolute Gasteiger partial charge is 0.186 e. The summed E-state index contributed by atoms with van der Waals surface area (Å²) in [7, 11) is 0. The largest absolute Gasteiger partial charge is 0.235 e. The number of aromatic nitrogens is 4. The molecular formula is C12H10ClIN4S2. The van der Waals surface area contributed by atoms with E-state index in [2.05, 4.69) is 44.8 Å². The molecule has 0 radical (unpaired) electrons. The third-order valence-electron chi connectivity index (χ3n) is 2.65. The number of hydrogen-bond acceptors (Lipinski definition) is 5. The molecule has 0 N–H and O–H groups in total. The van der Waals surface area contributed by atoms with Crippen molar-refractivity contribution in [2.24, 2.45) is 0 Å². The van der Waals surface area contributed by atoms with Gasteiger partial charge in [0, 0.05) is 9.13 Å². The van der Waals surface area contributed by atoms with Gasteiger partial charge in [-0.1, -0.05) is 29.9 Å². The van der Waals surface area contributed by atoms with Crippen molar-refractivity contribution in [3.8, 4) is 10.6 Å². The zero-order chi connectivity index (χ0) is 14.1. The number of nitrogens with zero attached hydrogens (tertiary/aromatic N) is 4. The average Bonchev–Trinajstić information content (AvgIpc) is 3.00. The van der Waals surface area contributed by atoms with E-state index in [9.17, 15) is 0 Å². The molecule has 8 heteroatoms. The van der Waals surface area contributed by atoms with Crippen molar-refractivity contribution in [1.82, 2.24) is 19.8 Å². The summed E-state index contributed by atoms with van der Waals surface area (Å²) >= 11 is 11.8. The Morgan fingerprint density at radius 3 is 3.05 bits per heavy atom. The van der Waals surface area contributed by atoms with Gasteiger partial charge in [-0.15, -0.1) is 10.2 Å². The second-order valence-electron chi connectivity index (χ2n) is 3.98. The quantitative estimate of drug-likeness (QED) is 0.570. The first kappa shape index (κ1) is 14.6. The molecule has 2 heterocycles. The van der Waals surface area contributed by atoms with Crippen molar-refractivity contribution >= 4 is 62.3 Å². The molecule has 0 aliphatic carbocycles. The molecular weight excluding hydrogens is 427 g/mol. The third-order valence-corrected chi connectivity index (χ3v) is 5.45. The van der Waals surface area contributed by atoms with Crippen LogP contribution >= 0.6 is 57.3 Å². The third kappa shape index (κ3) is 2.81. The van der Waals surface area contributed by atoms with E-state index < -0.39 is 0 Å². The monoisotopic (exact) mass is 436 g/mol. The highest BCUT2D eigenvalue weighted by atomic mass is 127. The van der Waals surface area contributed by atoms with Gasteiger partial charge in [0.1, 0.15) is 5.01 Å². The van der Waals surface area contributed by atoms with E-state index in [1.165, 1.54) is 11.3 Å². The fraction of sp³-hybridized carbons (Fsp3) is 0.250. The van der Waals surface area contributed by atoms with Crippen molar-refractivity contribution in [1.29, 1.82) is 0 Å². The number of benzene rings is 1. The summed E-state index contributed by atoms with van der Waals surface area (Å²) in [4.78, 5) is 0.807. The van der Waals surface area contributed by atoms with Gasteiger partial charge in [-0.25, -0.2) is 0 Å². The highest BCUT2D eigenvalue weighted by Crippen LogP contribution is 2.32. The molecule has 3 rings (SSSR count). The Kier molecular flexibility index (Phi) is 4.49. The molecule has 4 nitrogen and oxygen atoms in total. The molecule has 0 unspecified atom stereocenters. The summed E-state index contributed by atoms with van der Waals surface area (Å²) < 4.78 is 2.95. The fourth-order valence-electron chi connectivity index (χ4n) is 1.71. The van der Waals surface area contributed by atoms with Crippen LogP contribution in [0.4, 0.5) is 0 Å². The van der Waals surface area contributed by atoms with Crippen LogP contribution in [0.15, 0.2) is 18.2 Å². The Hall–Kier alpha value is -0.380. The molecule has 0 saturated heterocycles. The molecule has 0 bridgehead atoms. The van der Waals surface area contributed by atoms with Crippen LogP contribution in [0.25, 0.3) is 15.5 Å². The Morgan fingerprint density at radius 1 is 1.40 bits per heavy atom. The van der Waals surface area contributed by atoms with Crippen LogP contribution < -0.4 is 0 Å². The van der Waals surface area contributed by atoms with Gasteiger partial charge >= 0.3 is 0 Å². The first-order chi connectivity index (χ1) is 9.69. The van der Waals surface area contributed by atoms with Gasteiger partial charge < -0.3 is 0 Å². The summed E-state index contributed by atoms with van der Waals surface area (Å²) in [6, 6.07) is 5.92. The summed E-state index contributed by atoms with van der Waals surface area (Å²) in [6.45, 7) is 2.13.